The first-order chi connectivity index (χ1) is 22.8. The largest absolute Gasteiger partial charge is 0.496 e. The fourth-order valence-electron chi connectivity index (χ4n) is 5.62. The first kappa shape index (κ1) is 31.2. The third kappa shape index (κ3) is 6.47. The van der Waals surface area contributed by atoms with E-state index in [0.717, 1.165) is 25.0 Å². The van der Waals surface area contributed by atoms with Crippen LogP contribution in [0.4, 0.5) is 8.78 Å². The summed E-state index contributed by atoms with van der Waals surface area (Å²) in [6, 6.07) is 21.3. The molecular formula is C36H29F2N5O4. The van der Waals surface area contributed by atoms with Gasteiger partial charge in [0, 0.05) is 42.0 Å². The Balaban J connectivity index is 1.28. The van der Waals surface area contributed by atoms with Crippen LogP contribution in [0.2, 0.25) is 0 Å². The van der Waals surface area contributed by atoms with E-state index < -0.39 is 17.6 Å². The minimum atomic E-state index is -0.668. The Kier molecular flexibility index (Phi) is 8.55. The molecule has 0 N–H and O–H groups in total. The van der Waals surface area contributed by atoms with Gasteiger partial charge in [-0.2, -0.15) is 10.5 Å². The Labute approximate surface area is 269 Å². The number of aromatic nitrogens is 3. The van der Waals surface area contributed by atoms with Crippen LogP contribution < -0.4 is 9.47 Å². The van der Waals surface area contributed by atoms with E-state index in [1.54, 1.807) is 54.6 Å². The maximum Gasteiger partial charge on any atom is 0.337 e. The summed E-state index contributed by atoms with van der Waals surface area (Å²) in [5.74, 6) is -0.630. The molecule has 5 aromatic rings. The molecular weight excluding hydrogens is 604 g/mol. The summed E-state index contributed by atoms with van der Waals surface area (Å²) in [6.07, 6.45) is 2.07. The van der Waals surface area contributed by atoms with E-state index in [1.165, 1.54) is 14.2 Å². The lowest BCUT2D eigenvalue weighted by atomic mass is 10.0. The smallest absolute Gasteiger partial charge is 0.337 e. The molecule has 236 valence electrons. The van der Waals surface area contributed by atoms with Crippen molar-refractivity contribution in [1.82, 2.24) is 14.5 Å². The average Bonchev–Trinajstić information content (AvgIpc) is 3.77. The van der Waals surface area contributed by atoms with Gasteiger partial charge in [-0.15, -0.1) is 0 Å². The van der Waals surface area contributed by atoms with Crippen LogP contribution in [0.15, 0.2) is 66.7 Å². The molecule has 1 aliphatic carbocycles. The fourth-order valence-corrected chi connectivity index (χ4v) is 5.62. The van der Waals surface area contributed by atoms with Gasteiger partial charge in [0.15, 0.2) is 0 Å². The molecule has 2 aromatic heterocycles. The molecule has 0 unspecified atom stereocenters. The topological polar surface area (TPSA) is 123 Å². The van der Waals surface area contributed by atoms with Gasteiger partial charge in [0.05, 0.1) is 54.2 Å². The number of hydrogen-bond acceptors (Lipinski definition) is 8. The summed E-state index contributed by atoms with van der Waals surface area (Å²) < 4.78 is 49.3. The van der Waals surface area contributed by atoms with Crippen LogP contribution in [0.5, 0.6) is 11.6 Å². The molecule has 0 radical (unpaired) electrons. The number of pyridine rings is 1. The van der Waals surface area contributed by atoms with Gasteiger partial charge in [-0.1, -0.05) is 12.1 Å². The van der Waals surface area contributed by atoms with Crippen molar-refractivity contribution in [3.63, 3.8) is 0 Å². The second kappa shape index (κ2) is 12.9. The summed E-state index contributed by atoms with van der Waals surface area (Å²) in [6.45, 7) is 0.545. The van der Waals surface area contributed by atoms with Crippen molar-refractivity contribution in [2.75, 3.05) is 14.2 Å². The van der Waals surface area contributed by atoms with Crippen molar-refractivity contribution in [2.45, 2.75) is 38.8 Å². The Bertz CT molecular complexity index is 2090. The summed E-state index contributed by atoms with van der Waals surface area (Å²) >= 11 is 0. The number of methoxy groups -OCH3 is 2. The van der Waals surface area contributed by atoms with Gasteiger partial charge < -0.3 is 18.8 Å². The first-order valence-corrected chi connectivity index (χ1v) is 14.9. The number of halogens is 2. The molecule has 0 bridgehead atoms. The molecule has 3 aromatic carbocycles. The Morgan fingerprint density at radius 2 is 1.81 bits per heavy atom. The zero-order valence-corrected chi connectivity index (χ0v) is 25.7. The number of hydrogen-bond donors (Lipinski definition) is 0. The number of carbonyl (C=O) groups excluding carboxylic acids is 1. The molecule has 6 rings (SSSR count). The van der Waals surface area contributed by atoms with Crippen molar-refractivity contribution in [1.29, 1.82) is 10.5 Å². The highest BCUT2D eigenvalue weighted by atomic mass is 19.1. The molecule has 0 saturated heterocycles. The van der Waals surface area contributed by atoms with Crippen molar-refractivity contribution in [3.05, 3.63) is 106 Å². The lowest BCUT2D eigenvalue weighted by Crippen LogP contribution is -2.15. The van der Waals surface area contributed by atoms with Gasteiger partial charge in [0.1, 0.15) is 29.8 Å². The second-order valence-corrected chi connectivity index (χ2v) is 11.5. The summed E-state index contributed by atoms with van der Waals surface area (Å²) in [5, 5.41) is 18.5. The third-order valence-electron chi connectivity index (χ3n) is 8.43. The molecule has 9 nitrogen and oxygen atoms in total. The van der Waals surface area contributed by atoms with E-state index in [-0.39, 0.29) is 41.1 Å². The number of benzene rings is 3. The van der Waals surface area contributed by atoms with E-state index in [1.807, 2.05) is 4.57 Å². The number of ether oxygens (including phenoxy) is 3. The highest BCUT2D eigenvalue weighted by molar-refractivity contribution is 5.93. The highest BCUT2D eigenvalue weighted by Crippen LogP contribution is 2.50. The number of nitriles is 2. The molecule has 2 heterocycles. The Morgan fingerprint density at radius 3 is 2.53 bits per heavy atom. The second-order valence-electron chi connectivity index (χ2n) is 11.5. The van der Waals surface area contributed by atoms with Gasteiger partial charge >= 0.3 is 5.97 Å². The van der Waals surface area contributed by atoms with E-state index in [0.29, 0.717) is 52.3 Å². The van der Waals surface area contributed by atoms with Crippen LogP contribution in [0.3, 0.4) is 0 Å². The number of esters is 1. The highest BCUT2D eigenvalue weighted by Gasteiger charge is 2.43. The van der Waals surface area contributed by atoms with Crippen molar-refractivity contribution in [3.8, 4) is 35.0 Å². The van der Waals surface area contributed by atoms with Crippen LogP contribution in [-0.2, 0) is 24.3 Å². The first-order valence-electron chi connectivity index (χ1n) is 14.9. The zero-order chi connectivity index (χ0) is 33.1. The number of fused-ring (bicyclic) bond motifs is 1. The standard InChI is InChI=1S/C36H29F2N5O4/c1-45-32-14-22(19-40)6-7-24(32)20-47-34-5-3-4-29(42-34)26-18-27(37)25(15-28(26)38)17-33-41-30-9-8-23(35(44)46-2)16-31(30)43(33)21-36(10-11-36)12-13-39/h3-9,14-16,18H,10-12,17,20-21H2,1-2H3. The predicted octanol–water partition coefficient (Wildman–Crippen LogP) is 6.91. The molecule has 1 saturated carbocycles. The number of rotatable bonds is 11. The summed E-state index contributed by atoms with van der Waals surface area (Å²) in [7, 11) is 2.80. The van der Waals surface area contributed by atoms with E-state index in [2.05, 4.69) is 17.1 Å². The number of carbonyl (C=O) groups is 1. The maximum atomic E-state index is 15.7. The van der Waals surface area contributed by atoms with E-state index in [4.69, 9.17) is 24.5 Å². The van der Waals surface area contributed by atoms with Crippen molar-refractivity contribution >= 4 is 17.0 Å². The molecule has 1 aliphatic rings. The van der Waals surface area contributed by atoms with Crippen molar-refractivity contribution < 1.29 is 27.8 Å². The Morgan fingerprint density at radius 1 is 0.979 bits per heavy atom. The lowest BCUT2D eigenvalue weighted by molar-refractivity contribution is 0.0601. The normalized spacial score (nSPS) is 13.1. The lowest BCUT2D eigenvalue weighted by Gasteiger charge is -2.16. The van der Waals surface area contributed by atoms with Crippen LogP contribution in [-0.4, -0.2) is 34.7 Å². The van der Waals surface area contributed by atoms with Gasteiger partial charge in [-0.25, -0.2) is 23.5 Å². The van der Waals surface area contributed by atoms with Gasteiger partial charge in [0.2, 0.25) is 5.88 Å². The summed E-state index contributed by atoms with van der Waals surface area (Å²) in [5.41, 5.74) is 2.76. The van der Waals surface area contributed by atoms with E-state index in [9.17, 15) is 10.1 Å². The predicted molar refractivity (Wildman–Crippen MR) is 167 cm³/mol. The van der Waals surface area contributed by atoms with Crippen LogP contribution in [0.25, 0.3) is 22.3 Å². The monoisotopic (exact) mass is 633 g/mol. The minimum absolute atomic E-state index is 0.0170. The number of nitrogens with zero attached hydrogens (tertiary/aromatic N) is 5. The Hall–Kier alpha value is -5.81. The number of imidazole rings is 1. The molecule has 0 amide bonds. The van der Waals surface area contributed by atoms with Gasteiger partial charge in [0.25, 0.3) is 0 Å². The quantitative estimate of drug-likeness (QED) is 0.144. The van der Waals surface area contributed by atoms with E-state index >= 15 is 8.78 Å². The fraction of sp³-hybridized carbons (Fsp3) is 0.250. The molecule has 0 atom stereocenters. The molecule has 0 aliphatic heterocycles. The minimum Gasteiger partial charge on any atom is -0.496 e. The molecule has 47 heavy (non-hydrogen) atoms. The van der Waals surface area contributed by atoms with Crippen molar-refractivity contribution in [2.24, 2.45) is 5.41 Å². The summed E-state index contributed by atoms with van der Waals surface area (Å²) in [4.78, 5) is 21.4. The SMILES string of the molecule is COC(=O)c1ccc2nc(Cc3cc(F)c(-c4cccc(OCc5ccc(C#N)cc5OC)n4)cc3F)n(CC3(CC#N)CC3)c2c1. The van der Waals surface area contributed by atoms with Gasteiger partial charge in [-0.3, -0.25) is 0 Å². The zero-order valence-electron chi connectivity index (χ0n) is 25.7. The van der Waals surface area contributed by atoms with Gasteiger partial charge in [-0.05, 0) is 66.9 Å². The molecule has 1 fully saturated rings. The van der Waals surface area contributed by atoms with Crippen LogP contribution >= 0.6 is 0 Å². The molecule has 11 heteroatoms. The molecule has 0 spiro atoms. The van der Waals surface area contributed by atoms with Crippen LogP contribution in [0.1, 0.15) is 52.1 Å². The van der Waals surface area contributed by atoms with Crippen LogP contribution in [0, 0.1) is 39.7 Å². The maximum absolute atomic E-state index is 15.7. The average molecular weight is 634 g/mol. The third-order valence-corrected chi connectivity index (χ3v) is 8.43.